The molecule has 9 atom stereocenters. The maximum absolute atomic E-state index is 4.23. The second-order valence-corrected chi connectivity index (χ2v) is 8.84. The Balaban J connectivity index is 1.32. The van der Waals surface area contributed by atoms with E-state index in [0.717, 1.165) is 53.5 Å². The Hall–Kier alpha value is -0.0400. The van der Waals surface area contributed by atoms with E-state index in [1.165, 1.54) is 25.7 Å². The summed E-state index contributed by atoms with van der Waals surface area (Å²) in [4.78, 5) is 0. The molecule has 1 nitrogen and oxygen atoms in total. The zero-order valence-corrected chi connectivity index (χ0v) is 12.4. The molecule has 0 aromatic carbocycles. The molecule has 1 heteroatoms. The van der Waals surface area contributed by atoms with Crippen LogP contribution in [0.5, 0.6) is 0 Å². The summed E-state index contributed by atoms with van der Waals surface area (Å²) in [6.07, 6.45) is 12.4. The molecule has 7 saturated carbocycles. The highest BCUT2D eigenvalue weighted by atomic mass is 15.0. The molecule has 0 aromatic rings. The van der Waals surface area contributed by atoms with Gasteiger partial charge in [0.1, 0.15) is 0 Å². The van der Waals surface area contributed by atoms with E-state index in [2.05, 4.69) is 12.2 Å². The number of hydrogen-bond acceptors (Lipinski definition) is 1. The van der Waals surface area contributed by atoms with E-state index < -0.39 is 0 Å². The topological polar surface area (TPSA) is 12.0 Å². The highest BCUT2D eigenvalue weighted by Gasteiger charge is 2.54. The average molecular weight is 259 g/mol. The monoisotopic (exact) mass is 259 g/mol. The van der Waals surface area contributed by atoms with Crippen molar-refractivity contribution in [2.75, 3.05) is 0 Å². The van der Waals surface area contributed by atoms with Crippen molar-refractivity contribution in [1.82, 2.24) is 5.32 Å². The average Bonchev–Trinajstić information content (AvgIpc) is 2.82. The van der Waals surface area contributed by atoms with Crippen molar-refractivity contribution in [1.29, 1.82) is 0 Å². The van der Waals surface area contributed by atoms with Gasteiger partial charge in [0, 0.05) is 12.1 Å². The summed E-state index contributed by atoms with van der Waals surface area (Å²) < 4.78 is 0. The van der Waals surface area contributed by atoms with Crippen LogP contribution in [0.15, 0.2) is 0 Å². The van der Waals surface area contributed by atoms with E-state index in [1.54, 1.807) is 25.7 Å². The lowest BCUT2D eigenvalue weighted by Crippen LogP contribution is -2.54. The summed E-state index contributed by atoms with van der Waals surface area (Å²) in [5.41, 5.74) is 0. The Morgan fingerprint density at radius 1 is 0.737 bits per heavy atom. The Bertz CT molecular complexity index is 374. The van der Waals surface area contributed by atoms with Crippen LogP contribution in [0.25, 0.3) is 0 Å². The van der Waals surface area contributed by atoms with E-state index in [4.69, 9.17) is 0 Å². The first kappa shape index (κ1) is 11.6. The van der Waals surface area contributed by atoms with E-state index in [1.807, 2.05) is 0 Å². The third-order valence-corrected chi connectivity index (χ3v) is 7.98. The molecule has 7 fully saturated rings. The van der Waals surface area contributed by atoms with Gasteiger partial charge in [-0.15, -0.1) is 0 Å². The largest absolute Gasteiger partial charge is 0.310 e. The van der Waals surface area contributed by atoms with Gasteiger partial charge in [-0.1, -0.05) is 6.92 Å². The maximum atomic E-state index is 4.23. The predicted molar refractivity (Wildman–Crippen MR) is 77.8 cm³/mol. The summed E-state index contributed by atoms with van der Waals surface area (Å²) in [6.45, 7) is 2.51. The molecule has 1 N–H and O–H groups in total. The van der Waals surface area contributed by atoms with Gasteiger partial charge >= 0.3 is 0 Å². The fraction of sp³-hybridized carbons (Fsp3) is 1.00. The lowest BCUT2D eigenvalue weighted by Gasteiger charge is -2.49. The second-order valence-electron chi connectivity index (χ2n) is 8.84. The summed E-state index contributed by atoms with van der Waals surface area (Å²) in [6, 6.07) is 1.83. The highest BCUT2D eigenvalue weighted by molar-refractivity contribution is 5.08. The molecule has 0 radical (unpaired) electrons. The fourth-order valence-corrected chi connectivity index (χ4v) is 7.18. The van der Waals surface area contributed by atoms with Crippen molar-refractivity contribution in [3.8, 4) is 0 Å². The van der Waals surface area contributed by atoms with Gasteiger partial charge in [-0.2, -0.15) is 0 Å². The van der Waals surface area contributed by atoms with E-state index >= 15 is 0 Å². The minimum atomic E-state index is 0.901. The normalized spacial score (nSPS) is 62.1. The standard InChI is InChI=1S/C18H29N/c1-10-4-13-3-2-12(10)9-17(13)19-18-15-6-11-5-14(8-15)16(18)7-11/h10-19H,2-9H2,1H3. The Kier molecular flexibility index (Phi) is 2.44. The smallest absolute Gasteiger partial charge is 0.0129 e. The van der Waals surface area contributed by atoms with E-state index in [9.17, 15) is 0 Å². The van der Waals surface area contributed by atoms with Crippen molar-refractivity contribution < 1.29 is 0 Å². The van der Waals surface area contributed by atoms with Gasteiger partial charge in [0.25, 0.3) is 0 Å². The molecule has 106 valence electrons. The van der Waals surface area contributed by atoms with Crippen LogP contribution in [0.2, 0.25) is 0 Å². The first-order valence-corrected chi connectivity index (χ1v) is 9.04. The molecule has 9 unspecified atom stereocenters. The summed E-state index contributed by atoms with van der Waals surface area (Å²) in [7, 11) is 0. The third kappa shape index (κ3) is 1.63. The summed E-state index contributed by atoms with van der Waals surface area (Å²) in [5, 5.41) is 4.23. The minimum Gasteiger partial charge on any atom is -0.310 e. The van der Waals surface area contributed by atoms with Crippen molar-refractivity contribution in [2.24, 2.45) is 41.4 Å². The molecule has 0 aliphatic heterocycles. The molecular weight excluding hydrogens is 230 g/mol. The van der Waals surface area contributed by atoms with Crippen LogP contribution in [0.1, 0.15) is 58.3 Å². The Morgan fingerprint density at radius 2 is 1.58 bits per heavy atom. The van der Waals surface area contributed by atoms with Crippen LogP contribution < -0.4 is 5.32 Å². The lowest BCUT2D eigenvalue weighted by atomic mass is 9.62. The van der Waals surface area contributed by atoms with Crippen LogP contribution >= 0.6 is 0 Å². The molecule has 7 aliphatic carbocycles. The number of fused-ring (bicyclic) bond motifs is 3. The molecule has 0 heterocycles. The van der Waals surface area contributed by atoms with Crippen LogP contribution in [-0.2, 0) is 0 Å². The molecule has 0 aromatic heterocycles. The number of rotatable bonds is 2. The molecule has 7 aliphatic rings. The molecule has 0 spiro atoms. The predicted octanol–water partition coefficient (Wildman–Crippen LogP) is 3.84. The van der Waals surface area contributed by atoms with Gasteiger partial charge in [0.05, 0.1) is 0 Å². The minimum absolute atomic E-state index is 0.901. The van der Waals surface area contributed by atoms with Crippen molar-refractivity contribution in [2.45, 2.75) is 70.4 Å². The third-order valence-electron chi connectivity index (χ3n) is 7.98. The van der Waals surface area contributed by atoms with Gasteiger partial charge in [-0.05, 0) is 92.8 Å². The first-order valence-electron chi connectivity index (χ1n) is 9.04. The molecule has 7 rings (SSSR count). The Labute approximate surface area is 117 Å². The summed E-state index contributed by atoms with van der Waals surface area (Å²) >= 11 is 0. The molecule has 19 heavy (non-hydrogen) atoms. The van der Waals surface area contributed by atoms with Gasteiger partial charge in [-0.3, -0.25) is 0 Å². The van der Waals surface area contributed by atoms with Gasteiger partial charge in [0.2, 0.25) is 0 Å². The van der Waals surface area contributed by atoms with E-state index in [-0.39, 0.29) is 0 Å². The summed E-state index contributed by atoms with van der Waals surface area (Å²) in [5.74, 6) is 7.51. The van der Waals surface area contributed by atoms with Gasteiger partial charge < -0.3 is 5.32 Å². The fourth-order valence-electron chi connectivity index (χ4n) is 7.18. The van der Waals surface area contributed by atoms with Crippen LogP contribution in [-0.4, -0.2) is 12.1 Å². The number of hydrogen-bond donors (Lipinski definition) is 1. The Morgan fingerprint density at radius 3 is 2.32 bits per heavy atom. The maximum Gasteiger partial charge on any atom is 0.0129 e. The van der Waals surface area contributed by atoms with E-state index in [0.29, 0.717) is 0 Å². The zero-order chi connectivity index (χ0) is 12.6. The second kappa shape index (κ2) is 4.00. The zero-order valence-electron chi connectivity index (χ0n) is 12.4. The van der Waals surface area contributed by atoms with Gasteiger partial charge in [0.15, 0.2) is 0 Å². The molecule has 0 saturated heterocycles. The molecule has 0 amide bonds. The van der Waals surface area contributed by atoms with Crippen molar-refractivity contribution in [3.63, 3.8) is 0 Å². The first-order chi connectivity index (χ1) is 9.28. The van der Waals surface area contributed by atoms with Crippen LogP contribution in [0, 0.1) is 41.4 Å². The van der Waals surface area contributed by atoms with Crippen LogP contribution in [0.3, 0.4) is 0 Å². The molecule has 6 bridgehead atoms. The molecular formula is C18H29N. The van der Waals surface area contributed by atoms with Gasteiger partial charge in [-0.25, -0.2) is 0 Å². The lowest BCUT2D eigenvalue weighted by molar-refractivity contribution is 0.0541. The highest BCUT2D eigenvalue weighted by Crippen LogP contribution is 2.58. The van der Waals surface area contributed by atoms with Crippen molar-refractivity contribution in [3.05, 3.63) is 0 Å². The van der Waals surface area contributed by atoms with Crippen LogP contribution in [0.4, 0.5) is 0 Å². The van der Waals surface area contributed by atoms with Crippen molar-refractivity contribution >= 4 is 0 Å². The number of nitrogens with one attached hydrogen (secondary N) is 1. The quantitative estimate of drug-likeness (QED) is 0.794. The SMILES string of the molecule is CC1CC2CCC1CC2NC1C2CC3CC(C2)C1C3.